The summed E-state index contributed by atoms with van der Waals surface area (Å²) >= 11 is 6.17. The lowest BCUT2D eigenvalue weighted by atomic mass is 9.94. The van der Waals surface area contributed by atoms with Crippen molar-refractivity contribution < 1.29 is 14.7 Å². The van der Waals surface area contributed by atoms with Crippen molar-refractivity contribution in [3.63, 3.8) is 0 Å². The Balaban J connectivity index is 2.05. The van der Waals surface area contributed by atoms with Gasteiger partial charge in [0.15, 0.2) is 0 Å². The highest BCUT2D eigenvalue weighted by atomic mass is 35.5. The Labute approximate surface area is 129 Å². The average Bonchev–Trinajstić information content (AvgIpc) is 3.21. The number of amides is 1. The number of halogens is 1. The van der Waals surface area contributed by atoms with Crippen LogP contribution in [-0.4, -0.2) is 35.5 Å². The molecular weight excluding hydrogens is 290 g/mol. The number of carboxylic acids is 1. The second kappa shape index (κ2) is 6.06. The lowest BCUT2D eigenvalue weighted by molar-refractivity contribution is -0.143. The summed E-state index contributed by atoms with van der Waals surface area (Å²) in [5.41, 5.74) is 0.586. The number of rotatable bonds is 6. The van der Waals surface area contributed by atoms with Crippen LogP contribution in [0.4, 0.5) is 0 Å². The van der Waals surface area contributed by atoms with E-state index < -0.39 is 17.3 Å². The van der Waals surface area contributed by atoms with Crippen molar-refractivity contribution in [2.75, 3.05) is 13.6 Å². The van der Waals surface area contributed by atoms with E-state index in [1.54, 1.807) is 18.9 Å². The highest BCUT2D eigenvalue weighted by Gasteiger charge is 2.51. The quantitative estimate of drug-likeness (QED) is 0.879. The third-order valence-corrected chi connectivity index (χ3v) is 4.48. The van der Waals surface area contributed by atoms with Crippen molar-refractivity contribution in [3.8, 4) is 0 Å². The molecule has 1 unspecified atom stereocenters. The standard InChI is InChI=1S/C16H20ClNO3/c1-11(14(19)20)10-18(2)15(21)16(7-8-16)9-12-5-3-4-6-13(12)17/h3-6,11H,7-10H2,1-2H3,(H,19,20). The van der Waals surface area contributed by atoms with Gasteiger partial charge in [0.2, 0.25) is 5.91 Å². The molecule has 1 aliphatic rings. The van der Waals surface area contributed by atoms with Crippen LogP contribution in [0.3, 0.4) is 0 Å². The summed E-state index contributed by atoms with van der Waals surface area (Å²) in [5.74, 6) is -1.42. The topological polar surface area (TPSA) is 57.6 Å². The van der Waals surface area contributed by atoms with Crippen LogP contribution in [0.1, 0.15) is 25.3 Å². The average molecular weight is 310 g/mol. The molecule has 4 nitrogen and oxygen atoms in total. The van der Waals surface area contributed by atoms with Gasteiger partial charge in [0.25, 0.3) is 0 Å². The molecule has 0 aromatic heterocycles. The van der Waals surface area contributed by atoms with E-state index in [-0.39, 0.29) is 12.5 Å². The maximum atomic E-state index is 12.6. The van der Waals surface area contributed by atoms with E-state index in [9.17, 15) is 9.59 Å². The monoisotopic (exact) mass is 309 g/mol. The molecule has 0 heterocycles. The summed E-state index contributed by atoms with van der Waals surface area (Å²) in [4.78, 5) is 25.0. The van der Waals surface area contributed by atoms with Gasteiger partial charge in [-0.05, 0) is 30.9 Å². The molecule has 0 bridgehead atoms. The summed E-state index contributed by atoms with van der Waals surface area (Å²) in [5, 5.41) is 9.63. The minimum atomic E-state index is -0.884. The SMILES string of the molecule is CC(CN(C)C(=O)C1(Cc2ccccc2Cl)CC1)C(=O)O. The van der Waals surface area contributed by atoms with Gasteiger partial charge in [-0.2, -0.15) is 0 Å². The molecule has 5 heteroatoms. The zero-order chi connectivity index (χ0) is 15.6. The van der Waals surface area contributed by atoms with Gasteiger partial charge in [-0.3, -0.25) is 9.59 Å². The Morgan fingerprint density at radius 1 is 1.38 bits per heavy atom. The fraction of sp³-hybridized carbons (Fsp3) is 0.500. The van der Waals surface area contributed by atoms with E-state index in [1.165, 1.54) is 0 Å². The molecule has 1 amide bonds. The van der Waals surface area contributed by atoms with Gasteiger partial charge in [-0.1, -0.05) is 36.7 Å². The van der Waals surface area contributed by atoms with Crippen LogP contribution in [0.25, 0.3) is 0 Å². The molecule has 2 rings (SSSR count). The van der Waals surface area contributed by atoms with Crippen molar-refractivity contribution in [1.29, 1.82) is 0 Å². The third-order valence-electron chi connectivity index (χ3n) is 4.11. The predicted molar refractivity (Wildman–Crippen MR) is 81.3 cm³/mol. The van der Waals surface area contributed by atoms with Crippen LogP contribution < -0.4 is 0 Å². The number of hydrogen-bond acceptors (Lipinski definition) is 2. The van der Waals surface area contributed by atoms with E-state index in [2.05, 4.69) is 0 Å². The molecule has 0 saturated heterocycles. The number of carbonyl (C=O) groups excluding carboxylic acids is 1. The largest absolute Gasteiger partial charge is 0.481 e. The number of carbonyl (C=O) groups is 2. The van der Waals surface area contributed by atoms with Crippen LogP contribution in [0, 0.1) is 11.3 Å². The summed E-state index contributed by atoms with van der Waals surface area (Å²) < 4.78 is 0. The summed E-state index contributed by atoms with van der Waals surface area (Å²) in [6.45, 7) is 1.85. The molecule has 0 spiro atoms. The maximum Gasteiger partial charge on any atom is 0.308 e. The molecule has 1 fully saturated rings. The van der Waals surface area contributed by atoms with Crippen LogP contribution >= 0.6 is 11.6 Å². The van der Waals surface area contributed by atoms with E-state index in [0.717, 1.165) is 18.4 Å². The first-order chi connectivity index (χ1) is 9.85. The molecule has 1 saturated carbocycles. The van der Waals surface area contributed by atoms with Gasteiger partial charge in [0.1, 0.15) is 0 Å². The van der Waals surface area contributed by atoms with Crippen LogP contribution in [-0.2, 0) is 16.0 Å². The maximum absolute atomic E-state index is 12.6. The van der Waals surface area contributed by atoms with Gasteiger partial charge in [0, 0.05) is 18.6 Å². The van der Waals surface area contributed by atoms with E-state index in [0.29, 0.717) is 11.4 Å². The molecular formula is C16H20ClNO3. The normalized spacial score (nSPS) is 17.1. The smallest absolute Gasteiger partial charge is 0.308 e. The first-order valence-electron chi connectivity index (χ1n) is 7.07. The molecule has 1 aromatic rings. The van der Waals surface area contributed by atoms with Crippen LogP contribution in [0.5, 0.6) is 0 Å². The van der Waals surface area contributed by atoms with E-state index in [1.807, 2.05) is 24.3 Å². The van der Waals surface area contributed by atoms with Crippen LogP contribution in [0.2, 0.25) is 5.02 Å². The molecule has 1 aromatic carbocycles. The van der Waals surface area contributed by atoms with Gasteiger partial charge in [0.05, 0.1) is 11.3 Å². The molecule has 21 heavy (non-hydrogen) atoms. The van der Waals surface area contributed by atoms with E-state index in [4.69, 9.17) is 16.7 Å². The number of carboxylic acid groups (broad SMARTS) is 1. The summed E-state index contributed by atoms with van der Waals surface area (Å²) in [7, 11) is 1.68. The lowest BCUT2D eigenvalue weighted by Gasteiger charge is -2.25. The number of hydrogen-bond donors (Lipinski definition) is 1. The van der Waals surface area contributed by atoms with E-state index >= 15 is 0 Å². The Kier molecular flexibility index (Phi) is 4.57. The number of benzene rings is 1. The zero-order valence-corrected chi connectivity index (χ0v) is 13.1. The highest BCUT2D eigenvalue weighted by Crippen LogP contribution is 2.50. The third kappa shape index (κ3) is 3.56. The summed E-state index contributed by atoms with van der Waals surface area (Å²) in [6, 6.07) is 7.55. The highest BCUT2D eigenvalue weighted by molar-refractivity contribution is 6.31. The first-order valence-corrected chi connectivity index (χ1v) is 7.45. The molecule has 1 N–H and O–H groups in total. The minimum absolute atomic E-state index is 0.0236. The molecule has 1 aliphatic carbocycles. The van der Waals surface area contributed by atoms with Crippen molar-refractivity contribution in [3.05, 3.63) is 34.9 Å². The number of aliphatic carboxylic acids is 1. The minimum Gasteiger partial charge on any atom is -0.481 e. The van der Waals surface area contributed by atoms with Gasteiger partial charge in [-0.25, -0.2) is 0 Å². The lowest BCUT2D eigenvalue weighted by Crippen LogP contribution is -2.39. The van der Waals surface area contributed by atoms with Crippen molar-refractivity contribution in [1.82, 2.24) is 4.90 Å². The van der Waals surface area contributed by atoms with Crippen molar-refractivity contribution in [2.45, 2.75) is 26.2 Å². The zero-order valence-electron chi connectivity index (χ0n) is 12.3. The van der Waals surface area contributed by atoms with Crippen molar-refractivity contribution >= 4 is 23.5 Å². The van der Waals surface area contributed by atoms with Crippen molar-refractivity contribution in [2.24, 2.45) is 11.3 Å². The molecule has 1 atom stereocenters. The molecule has 114 valence electrons. The fourth-order valence-corrected chi connectivity index (χ4v) is 2.80. The second-order valence-electron chi connectivity index (χ2n) is 5.97. The van der Waals surface area contributed by atoms with Gasteiger partial charge in [-0.15, -0.1) is 0 Å². The molecule has 0 radical (unpaired) electrons. The Morgan fingerprint density at radius 2 is 2.00 bits per heavy atom. The first kappa shape index (κ1) is 15.8. The second-order valence-corrected chi connectivity index (χ2v) is 6.38. The Bertz CT molecular complexity index is 554. The number of nitrogens with zero attached hydrogens (tertiary/aromatic N) is 1. The van der Waals surface area contributed by atoms with Crippen LogP contribution in [0.15, 0.2) is 24.3 Å². The van der Waals surface area contributed by atoms with Gasteiger partial charge >= 0.3 is 5.97 Å². The summed E-state index contributed by atoms with van der Waals surface area (Å²) in [6.07, 6.45) is 2.29. The van der Waals surface area contributed by atoms with Gasteiger partial charge < -0.3 is 10.0 Å². The predicted octanol–water partition coefficient (Wildman–Crippen LogP) is 2.84. The Morgan fingerprint density at radius 3 is 2.52 bits per heavy atom. The Hall–Kier alpha value is -1.55. The fourth-order valence-electron chi connectivity index (χ4n) is 2.60. The molecule has 0 aliphatic heterocycles.